The molecule has 45 heavy (non-hydrogen) atoms. The van der Waals surface area contributed by atoms with Gasteiger partial charge >= 0.3 is 0 Å². The number of hydrogen-bond donors (Lipinski definition) is 2. The van der Waals surface area contributed by atoms with Gasteiger partial charge in [0, 0.05) is 30.1 Å². The lowest BCUT2D eigenvalue weighted by Gasteiger charge is -2.57. The van der Waals surface area contributed by atoms with Crippen molar-refractivity contribution in [1.29, 1.82) is 0 Å². The second kappa shape index (κ2) is 11.5. The summed E-state index contributed by atoms with van der Waals surface area (Å²) in [7, 11) is 0. The first-order chi connectivity index (χ1) is 21.9. The standard InChI is InChI=1S/C39H46N2O4/c1-24(2)44-30-12-9-28(10-13-30)27-7-5-25(6-8-27)17-19-40-38(43)31-14-11-29-21-33-32-15-16-34-35(45-34)22-39(32,36(29)37(31)42)18-20-41(33)23-26-3-4-26/h5-14,24,26,32-35,42H,3-4,15-23H2,1-2H3,(H,40,43). The second-order valence-electron chi connectivity index (χ2n) is 14.6. The molecule has 0 aromatic heterocycles. The van der Waals surface area contributed by atoms with Crippen LogP contribution >= 0.6 is 0 Å². The monoisotopic (exact) mass is 606 g/mol. The zero-order valence-corrected chi connectivity index (χ0v) is 26.6. The van der Waals surface area contributed by atoms with Crippen LogP contribution < -0.4 is 10.1 Å². The number of phenolic OH excluding ortho intramolecular Hbond substituents is 1. The molecule has 2 N–H and O–H groups in total. The highest BCUT2D eigenvalue weighted by Crippen LogP contribution is 2.60. The highest BCUT2D eigenvalue weighted by Gasteiger charge is 2.60. The Morgan fingerprint density at radius 3 is 2.49 bits per heavy atom. The SMILES string of the molecule is CC(C)Oc1ccc(-c2ccc(CCNC(=O)c3ccc4c(c3O)C35CCN(CC6CC6)C(C4)C3CCC3OC3C5)cc2)cc1. The zero-order chi connectivity index (χ0) is 30.7. The summed E-state index contributed by atoms with van der Waals surface area (Å²) in [6.07, 6.45) is 9.61. The van der Waals surface area contributed by atoms with E-state index in [1.165, 1.54) is 24.9 Å². The molecular weight excluding hydrogens is 560 g/mol. The van der Waals surface area contributed by atoms with Crippen LogP contribution in [0.1, 0.15) is 79.4 Å². The van der Waals surface area contributed by atoms with Gasteiger partial charge in [-0.25, -0.2) is 0 Å². The Labute approximate surface area is 267 Å². The maximum atomic E-state index is 13.5. The number of carbonyl (C=O) groups is 1. The van der Waals surface area contributed by atoms with Gasteiger partial charge in [0.25, 0.3) is 5.91 Å². The molecule has 1 amide bonds. The van der Waals surface area contributed by atoms with E-state index in [1.54, 1.807) is 0 Å². The number of benzene rings is 3. The molecule has 2 heterocycles. The van der Waals surface area contributed by atoms with Crippen molar-refractivity contribution in [3.63, 3.8) is 0 Å². The van der Waals surface area contributed by atoms with Gasteiger partial charge in [0.15, 0.2) is 0 Å². The van der Waals surface area contributed by atoms with Gasteiger partial charge in [-0.2, -0.15) is 0 Å². The van der Waals surface area contributed by atoms with Crippen molar-refractivity contribution >= 4 is 5.91 Å². The first-order valence-corrected chi connectivity index (χ1v) is 17.3. The third-order valence-corrected chi connectivity index (χ3v) is 11.3. The fourth-order valence-corrected chi connectivity index (χ4v) is 8.94. The predicted molar refractivity (Wildman–Crippen MR) is 176 cm³/mol. The van der Waals surface area contributed by atoms with E-state index in [0.29, 0.717) is 36.3 Å². The maximum absolute atomic E-state index is 13.5. The van der Waals surface area contributed by atoms with Gasteiger partial charge < -0.3 is 19.9 Å². The molecule has 8 rings (SSSR count). The maximum Gasteiger partial charge on any atom is 0.255 e. The van der Waals surface area contributed by atoms with Gasteiger partial charge in [-0.15, -0.1) is 0 Å². The van der Waals surface area contributed by atoms with Crippen LogP contribution in [0, 0.1) is 11.8 Å². The van der Waals surface area contributed by atoms with Crippen LogP contribution in [0.4, 0.5) is 0 Å². The van der Waals surface area contributed by atoms with E-state index in [4.69, 9.17) is 9.47 Å². The molecule has 5 atom stereocenters. The molecule has 6 nitrogen and oxygen atoms in total. The Balaban J connectivity index is 0.960. The molecule has 3 aromatic carbocycles. The summed E-state index contributed by atoms with van der Waals surface area (Å²) in [4.78, 5) is 16.3. The number of amides is 1. The highest BCUT2D eigenvalue weighted by atomic mass is 16.6. The molecule has 2 saturated carbocycles. The Morgan fingerprint density at radius 2 is 1.76 bits per heavy atom. The van der Waals surface area contributed by atoms with E-state index in [2.05, 4.69) is 52.7 Å². The van der Waals surface area contributed by atoms with Crippen LogP contribution in [0.15, 0.2) is 60.7 Å². The molecule has 2 bridgehead atoms. The number of aromatic hydroxyl groups is 1. The van der Waals surface area contributed by atoms with Crippen LogP contribution in [-0.2, 0) is 23.0 Å². The smallest absolute Gasteiger partial charge is 0.255 e. The summed E-state index contributed by atoms with van der Waals surface area (Å²) in [6.45, 7) is 6.88. The summed E-state index contributed by atoms with van der Waals surface area (Å²) in [5, 5.41) is 15.0. The number of nitrogens with zero attached hydrogens (tertiary/aromatic N) is 1. The fraction of sp³-hybridized carbons (Fsp3) is 0.513. The van der Waals surface area contributed by atoms with Gasteiger partial charge in [0.05, 0.1) is 23.9 Å². The molecule has 236 valence electrons. The number of phenols is 1. The van der Waals surface area contributed by atoms with Crippen molar-refractivity contribution in [2.75, 3.05) is 19.6 Å². The van der Waals surface area contributed by atoms with E-state index in [0.717, 1.165) is 79.0 Å². The highest BCUT2D eigenvalue weighted by molar-refractivity contribution is 5.97. The average Bonchev–Trinajstić information content (AvgIpc) is 3.95. The fourth-order valence-electron chi connectivity index (χ4n) is 8.94. The van der Waals surface area contributed by atoms with Crippen molar-refractivity contribution in [3.05, 3.63) is 82.9 Å². The molecule has 2 aliphatic heterocycles. The lowest BCUT2D eigenvalue weighted by molar-refractivity contribution is -0.00290. The Morgan fingerprint density at radius 1 is 1.00 bits per heavy atom. The molecule has 2 saturated heterocycles. The normalized spacial score (nSPS) is 28.4. The van der Waals surface area contributed by atoms with Crippen molar-refractivity contribution in [2.24, 2.45) is 11.8 Å². The number of nitrogens with one attached hydrogen (secondary N) is 1. The van der Waals surface area contributed by atoms with E-state index in [1.807, 2.05) is 32.0 Å². The molecule has 0 radical (unpaired) electrons. The Kier molecular flexibility index (Phi) is 7.41. The lowest BCUT2D eigenvalue weighted by atomic mass is 9.55. The summed E-state index contributed by atoms with van der Waals surface area (Å²) < 4.78 is 11.9. The van der Waals surface area contributed by atoms with Crippen molar-refractivity contribution < 1.29 is 19.4 Å². The number of likely N-dealkylation sites (tertiary alicyclic amines) is 1. The first kappa shape index (κ1) is 29.1. The lowest BCUT2D eigenvalue weighted by Crippen LogP contribution is -2.60. The Hall–Kier alpha value is -3.35. The number of hydrogen-bond acceptors (Lipinski definition) is 5. The second-order valence-corrected chi connectivity index (χ2v) is 14.6. The summed E-state index contributed by atoms with van der Waals surface area (Å²) in [5.74, 6) is 2.31. The van der Waals surface area contributed by atoms with Gasteiger partial charge in [0.1, 0.15) is 11.5 Å². The average molecular weight is 607 g/mol. The third kappa shape index (κ3) is 5.54. The number of piperidine rings is 1. The minimum atomic E-state index is -0.189. The minimum absolute atomic E-state index is 0.0991. The Bertz CT molecular complexity index is 1560. The van der Waals surface area contributed by atoms with E-state index in [9.17, 15) is 9.90 Å². The van der Waals surface area contributed by atoms with Gasteiger partial charge in [0.2, 0.25) is 0 Å². The predicted octanol–water partition coefficient (Wildman–Crippen LogP) is 6.66. The number of rotatable bonds is 9. The topological polar surface area (TPSA) is 74.3 Å². The van der Waals surface area contributed by atoms with Gasteiger partial charge in [-0.05, 0) is 124 Å². The van der Waals surface area contributed by atoms with Gasteiger partial charge in [-0.1, -0.05) is 42.5 Å². The van der Waals surface area contributed by atoms with Crippen LogP contribution in [-0.4, -0.2) is 59.9 Å². The minimum Gasteiger partial charge on any atom is -0.507 e. The summed E-state index contributed by atoms with van der Waals surface area (Å²) in [6, 6.07) is 21.2. The van der Waals surface area contributed by atoms with Crippen LogP contribution in [0.25, 0.3) is 11.1 Å². The van der Waals surface area contributed by atoms with Crippen molar-refractivity contribution in [3.8, 4) is 22.6 Å². The quantitative estimate of drug-likeness (QED) is 0.267. The molecule has 6 heteroatoms. The molecule has 3 aliphatic carbocycles. The summed E-state index contributed by atoms with van der Waals surface area (Å²) in [5.41, 5.74) is 6.09. The van der Waals surface area contributed by atoms with E-state index < -0.39 is 0 Å². The first-order valence-electron chi connectivity index (χ1n) is 17.3. The van der Waals surface area contributed by atoms with Crippen LogP contribution in [0.3, 0.4) is 0 Å². The van der Waals surface area contributed by atoms with Crippen molar-refractivity contribution in [2.45, 2.75) is 95.0 Å². The number of epoxide rings is 1. The van der Waals surface area contributed by atoms with E-state index >= 15 is 0 Å². The van der Waals surface area contributed by atoms with E-state index in [-0.39, 0.29) is 23.2 Å². The molecule has 4 fully saturated rings. The number of ether oxygens (including phenoxy) is 2. The molecule has 0 spiro atoms. The molecule has 5 aliphatic rings. The molecule has 5 unspecified atom stereocenters. The number of fused-ring (bicyclic) bond motifs is 2. The largest absolute Gasteiger partial charge is 0.507 e. The van der Waals surface area contributed by atoms with Crippen molar-refractivity contribution in [1.82, 2.24) is 10.2 Å². The van der Waals surface area contributed by atoms with Crippen LogP contribution in [0.2, 0.25) is 0 Å². The zero-order valence-electron chi connectivity index (χ0n) is 26.6. The molecular formula is C39H46N2O4. The molecule has 3 aromatic rings. The third-order valence-electron chi connectivity index (χ3n) is 11.3. The number of carbonyl (C=O) groups excluding carboxylic acids is 1. The van der Waals surface area contributed by atoms with Crippen LogP contribution in [0.5, 0.6) is 11.5 Å². The van der Waals surface area contributed by atoms with Gasteiger partial charge in [-0.3, -0.25) is 9.69 Å². The summed E-state index contributed by atoms with van der Waals surface area (Å²) >= 11 is 0.